The van der Waals surface area contributed by atoms with Gasteiger partial charge in [-0.25, -0.2) is 4.57 Å². The van der Waals surface area contributed by atoms with Gasteiger partial charge in [-0.05, 0) is 0 Å². The quantitative estimate of drug-likeness (QED) is 0.310. The first-order valence-corrected chi connectivity index (χ1v) is 3.85. The van der Waals surface area contributed by atoms with Gasteiger partial charge >= 0.3 is 82.7 Å². The van der Waals surface area contributed by atoms with E-state index in [-0.39, 0.29) is 73.9 Å². The van der Waals surface area contributed by atoms with Crippen molar-refractivity contribution in [3.05, 3.63) is 0 Å². The molecule has 6 nitrogen and oxygen atoms in total. The molecule has 0 rings (SSSR count). The van der Waals surface area contributed by atoms with Gasteiger partial charge in [0.25, 0.3) is 0 Å². The minimum absolute atomic E-state index is 0. The summed E-state index contributed by atoms with van der Waals surface area (Å²) >= 11 is -1.81. The van der Waals surface area contributed by atoms with Crippen molar-refractivity contribution in [3.63, 3.8) is 0 Å². The first kappa shape index (κ1) is 22.9. The van der Waals surface area contributed by atoms with E-state index in [1.165, 1.54) is 0 Å². The standard InChI is InChI=1S/K.Mo.H3O4P.2O.V.H/c;;1-5(2,3)4;;;;/h;;(H3,1,2,3,4);;;;/q+1;;;;;;-1. The molecule has 0 aliphatic rings. The predicted molar refractivity (Wildman–Crippen MR) is 16.7 cm³/mol. The monoisotopic (exact) mass is 319 g/mol. The van der Waals surface area contributed by atoms with Crippen molar-refractivity contribution in [1.82, 2.24) is 0 Å². The Morgan fingerprint density at radius 2 is 1.20 bits per heavy atom. The molecule has 0 bridgehead atoms. The molecule has 57 valence electrons. The summed E-state index contributed by atoms with van der Waals surface area (Å²) in [4.78, 5) is 21.6. The zero-order valence-electron chi connectivity index (χ0n) is 5.87. The summed E-state index contributed by atoms with van der Waals surface area (Å²) in [6, 6.07) is 0. The van der Waals surface area contributed by atoms with Crippen molar-refractivity contribution >= 4 is 7.82 Å². The van der Waals surface area contributed by atoms with E-state index in [1.54, 1.807) is 0 Å². The van der Waals surface area contributed by atoms with Gasteiger partial charge in [-0.2, -0.15) is 0 Å². The summed E-state index contributed by atoms with van der Waals surface area (Å²) in [5, 5.41) is 0. The number of phosphoric acid groups is 1. The van der Waals surface area contributed by atoms with Crippen molar-refractivity contribution < 1.29 is 117 Å². The summed E-state index contributed by atoms with van der Waals surface area (Å²) in [5.41, 5.74) is 0. The maximum absolute atomic E-state index is 8.88. The number of hydrogen-bond acceptors (Lipinski definition) is 3. The van der Waals surface area contributed by atoms with Gasteiger partial charge in [0.15, 0.2) is 0 Å². The van der Waals surface area contributed by atoms with E-state index in [9.17, 15) is 0 Å². The van der Waals surface area contributed by atoms with Crippen LogP contribution < -0.4 is 51.4 Å². The molecule has 0 aliphatic carbocycles. The molecule has 0 aromatic carbocycles. The molecule has 0 heterocycles. The molecule has 0 aliphatic heterocycles. The fourth-order valence-electron chi connectivity index (χ4n) is 0. The van der Waals surface area contributed by atoms with Crippen LogP contribution in [0.3, 0.4) is 0 Å². The van der Waals surface area contributed by atoms with Crippen LogP contribution in [0.15, 0.2) is 0 Å². The van der Waals surface area contributed by atoms with Crippen LogP contribution in [-0.4, -0.2) is 14.7 Å². The first-order chi connectivity index (χ1) is 3.41. The normalized spacial score (nSPS) is 6.70. The van der Waals surface area contributed by atoms with Gasteiger partial charge < -0.3 is 16.1 Å². The van der Waals surface area contributed by atoms with Gasteiger partial charge in [-0.15, -0.1) is 0 Å². The Kier molecular flexibility index (Phi) is 32.5. The maximum atomic E-state index is 8.88. The van der Waals surface area contributed by atoms with E-state index >= 15 is 0 Å². The zero-order chi connectivity index (χ0) is 7.21. The molecule has 3 N–H and O–H groups in total. The Morgan fingerprint density at radius 1 is 1.20 bits per heavy atom. The molecule has 0 unspecified atom stereocenters. The average Bonchev–Trinajstić information content (AvgIpc) is 1.27. The Hall–Kier alpha value is 2.62. The van der Waals surface area contributed by atoms with E-state index in [4.69, 9.17) is 26.6 Å². The van der Waals surface area contributed by atoms with Gasteiger partial charge in [0.2, 0.25) is 0 Å². The molecule has 0 amide bonds. The van der Waals surface area contributed by atoms with Crippen LogP contribution in [-0.2, 0) is 49.2 Å². The minimum atomic E-state index is -4.64. The van der Waals surface area contributed by atoms with Gasteiger partial charge in [0.1, 0.15) is 0 Å². The van der Waals surface area contributed by atoms with E-state index in [0.717, 1.165) is 0 Å². The van der Waals surface area contributed by atoms with Crippen molar-refractivity contribution in [2.75, 3.05) is 0 Å². The van der Waals surface area contributed by atoms with Crippen LogP contribution >= 0.6 is 7.82 Å². The molecule has 0 aromatic heterocycles. The fourth-order valence-corrected chi connectivity index (χ4v) is 0. The third-order valence-corrected chi connectivity index (χ3v) is 0. The molecule has 0 radical (unpaired) electrons. The summed E-state index contributed by atoms with van der Waals surface area (Å²) in [7, 11) is -4.64. The van der Waals surface area contributed by atoms with E-state index in [0.29, 0.717) is 0 Å². The summed E-state index contributed by atoms with van der Waals surface area (Å²) in [6.07, 6.45) is 0. The van der Waals surface area contributed by atoms with Crippen molar-refractivity contribution in [1.29, 1.82) is 0 Å². The average molecular weight is 317 g/mol. The van der Waals surface area contributed by atoms with E-state index in [1.807, 2.05) is 0 Å². The number of hydrogen-bond donors (Lipinski definition) is 3. The second-order valence-corrected chi connectivity index (χ2v) is 1.85. The van der Waals surface area contributed by atoms with Gasteiger partial charge in [0.05, 0.1) is 0 Å². The molecule has 0 fully saturated rings. The Labute approximate surface area is 122 Å². The Bertz CT molecular complexity index is 120. The van der Waals surface area contributed by atoms with Crippen molar-refractivity contribution in [2.45, 2.75) is 0 Å². The van der Waals surface area contributed by atoms with Crippen molar-refractivity contribution in [2.24, 2.45) is 0 Å². The first-order valence-electron chi connectivity index (χ1n) is 1.15. The van der Waals surface area contributed by atoms with Crippen LogP contribution in [0.5, 0.6) is 0 Å². The van der Waals surface area contributed by atoms with Gasteiger partial charge in [-0.1, -0.05) is 0 Å². The topological polar surface area (TPSA) is 112 Å². The van der Waals surface area contributed by atoms with Crippen molar-refractivity contribution in [3.8, 4) is 0 Å². The second kappa shape index (κ2) is 14.2. The molecule has 10 heteroatoms. The summed E-state index contributed by atoms with van der Waals surface area (Å²) in [6.45, 7) is 0. The van der Waals surface area contributed by atoms with E-state index in [2.05, 4.69) is 0 Å². The van der Waals surface area contributed by atoms with Gasteiger partial charge in [0, 0.05) is 21.1 Å². The van der Waals surface area contributed by atoms with Crippen LogP contribution in [0.1, 0.15) is 1.43 Å². The predicted octanol–water partition coefficient (Wildman–Crippen LogP) is -4.05. The molecular formula is H4KMoO6PV. The number of rotatable bonds is 0. The summed E-state index contributed by atoms with van der Waals surface area (Å²) < 4.78 is 25.8. The summed E-state index contributed by atoms with van der Waals surface area (Å²) in [5.74, 6) is 0. The third kappa shape index (κ3) is 143. The third-order valence-electron chi connectivity index (χ3n) is 0. The zero-order valence-corrected chi connectivity index (χ0v) is 12.3. The van der Waals surface area contributed by atoms with Crippen LogP contribution in [0.4, 0.5) is 0 Å². The van der Waals surface area contributed by atoms with E-state index < -0.39 is 24.0 Å². The second-order valence-electron chi connectivity index (χ2n) is 0.588. The van der Waals surface area contributed by atoms with Gasteiger partial charge in [-0.3, -0.25) is 0 Å². The van der Waals surface area contributed by atoms with Crippen LogP contribution in [0.25, 0.3) is 0 Å². The molecule has 0 saturated carbocycles. The molecule has 0 spiro atoms. The molecule has 0 aromatic rings. The molecule has 0 atom stereocenters. The SMILES string of the molecule is O=P(O)(O)O.[H-].[K+].[Mo].[O]=[V]=[O]. The molecule has 10 heavy (non-hydrogen) atoms. The molecule has 0 saturated heterocycles. The Balaban J connectivity index is -0.0000000183. The fraction of sp³-hybridized carbons (Fsp3) is 0. The van der Waals surface area contributed by atoms with Crippen LogP contribution in [0.2, 0.25) is 0 Å². The van der Waals surface area contributed by atoms with Crippen LogP contribution in [0, 0.1) is 0 Å². The molecular weight excluding hydrogens is 313 g/mol. The Morgan fingerprint density at radius 3 is 1.20 bits per heavy atom.